The second-order valence-electron chi connectivity index (χ2n) is 4.29. The Morgan fingerprint density at radius 3 is 2.88 bits per heavy atom. The second kappa shape index (κ2) is 3.84. The largest absolute Gasteiger partial charge is 0.396 e. The number of nitrogen functional groups attached to an aromatic ring is 1. The summed E-state index contributed by atoms with van der Waals surface area (Å²) in [5, 5.41) is 4.22. The molecule has 1 fully saturated rings. The molecule has 1 aromatic carbocycles. The fourth-order valence-electron chi connectivity index (χ4n) is 1.80. The highest BCUT2D eigenvalue weighted by Gasteiger charge is 2.23. The molecule has 1 saturated carbocycles. The second-order valence-corrected chi connectivity index (χ2v) is 5.14. The third-order valence-electron chi connectivity index (χ3n) is 2.87. The summed E-state index contributed by atoms with van der Waals surface area (Å²) in [6.45, 7) is 0. The minimum Gasteiger partial charge on any atom is -0.396 e. The van der Waals surface area contributed by atoms with Crippen LogP contribution in [0.2, 0.25) is 0 Å². The third-order valence-corrected chi connectivity index (χ3v) is 3.47. The summed E-state index contributed by atoms with van der Waals surface area (Å²) in [7, 11) is 0. The fourth-order valence-corrected chi connectivity index (χ4v) is 2.14. The molecule has 0 spiro atoms. The smallest absolute Gasteiger partial charge is 0.139 e. The van der Waals surface area contributed by atoms with E-state index >= 15 is 0 Å². The minimum atomic E-state index is -0.313. The van der Waals surface area contributed by atoms with Crippen molar-refractivity contribution in [2.75, 3.05) is 11.1 Å². The van der Waals surface area contributed by atoms with Crippen LogP contribution < -0.4 is 11.1 Å². The molecule has 1 aliphatic rings. The zero-order valence-corrected chi connectivity index (χ0v) is 10.6. The summed E-state index contributed by atoms with van der Waals surface area (Å²) in [6, 6.07) is 3.63. The van der Waals surface area contributed by atoms with Crippen LogP contribution in [0.1, 0.15) is 12.8 Å². The molecular weight excluding hydrogens is 285 g/mol. The molecule has 0 atom stereocenters. The molecule has 0 unspecified atom stereocenters. The highest BCUT2D eigenvalue weighted by atomic mass is 79.9. The number of fused-ring (bicyclic) bond motifs is 1. The lowest BCUT2D eigenvalue weighted by atomic mass is 10.1. The van der Waals surface area contributed by atoms with Gasteiger partial charge in [0.15, 0.2) is 0 Å². The molecule has 0 amide bonds. The topological polar surface area (TPSA) is 50.9 Å². The monoisotopic (exact) mass is 295 g/mol. The molecule has 1 heterocycles. The van der Waals surface area contributed by atoms with Crippen molar-refractivity contribution < 1.29 is 4.39 Å². The van der Waals surface area contributed by atoms with Gasteiger partial charge in [-0.1, -0.05) is 0 Å². The van der Waals surface area contributed by atoms with Crippen molar-refractivity contribution in [3.8, 4) is 0 Å². The lowest BCUT2D eigenvalue weighted by molar-refractivity contribution is 0.623. The highest BCUT2D eigenvalue weighted by molar-refractivity contribution is 9.10. The van der Waals surface area contributed by atoms with Crippen molar-refractivity contribution in [1.82, 2.24) is 4.98 Å². The highest BCUT2D eigenvalue weighted by Crippen LogP contribution is 2.35. The van der Waals surface area contributed by atoms with Crippen LogP contribution in [0.5, 0.6) is 0 Å². The van der Waals surface area contributed by atoms with E-state index in [4.69, 9.17) is 5.73 Å². The van der Waals surface area contributed by atoms with Gasteiger partial charge >= 0.3 is 0 Å². The lowest BCUT2D eigenvalue weighted by Crippen LogP contribution is -2.05. The number of rotatable bonds is 2. The Balaban J connectivity index is 2.22. The van der Waals surface area contributed by atoms with Gasteiger partial charge < -0.3 is 11.1 Å². The lowest BCUT2D eigenvalue weighted by Gasteiger charge is -2.12. The first kappa shape index (κ1) is 10.8. The Morgan fingerprint density at radius 2 is 2.18 bits per heavy atom. The van der Waals surface area contributed by atoms with Crippen LogP contribution in [0, 0.1) is 5.82 Å². The van der Waals surface area contributed by atoms with E-state index in [2.05, 4.69) is 26.2 Å². The predicted octanol–water partition coefficient (Wildman–Crippen LogP) is 3.29. The molecule has 0 aliphatic heterocycles. The van der Waals surface area contributed by atoms with Crippen molar-refractivity contribution in [2.24, 2.45) is 0 Å². The average Bonchev–Trinajstić information content (AvgIpc) is 3.09. The number of anilines is 2. The van der Waals surface area contributed by atoms with Crippen molar-refractivity contribution >= 4 is 38.2 Å². The molecule has 0 bridgehead atoms. The molecule has 0 saturated heterocycles. The number of hydrogen-bond donors (Lipinski definition) is 2. The minimum absolute atomic E-state index is 0.313. The molecule has 3 rings (SSSR count). The molecule has 17 heavy (non-hydrogen) atoms. The molecule has 1 aromatic heterocycles. The number of hydrogen-bond acceptors (Lipinski definition) is 3. The van der Waals surface area contributed by atoms with Crippen LogP contribution >= 0.6 is 15.9 Å². The number of nitrogens with zero attached hydrogens (tertiary/aromatic N) is 1. The van der Waals surface area contributed by atoms with Gasteiger partial charge in [0.1, 0.15) is 5.82 Å². The summed E-state index contributed by atoms with van der Waals surface area (Å²) < 4.78 is 13.8. The number of aromatic nitrogens is 1. The van der Waals surface area contributed by atoms with E-state index in [1.54, 1.807) is 12.3 Å². The molecule has 5 heteroatoms. The van der Waals surface area contributed by atoms with Crippen LogP contribution in [0.4, 0.5) is 15.8 Å². The normalized spacial score (nSPS) is 15.2. The number of halogens is 2. The Bertz CT molecular complexity index is 596. The fraction of sp³-hybridized carbons (Fsp3) is 0.250. The summed E-state index contributed by atoms with van der Waals surface area (Å²) in [6.07, 6.45) is 3.89. The predicted molar refractivity (Wildman–Crippen MR) is 70.5 cm³/mol. The number of nitrogens with two attached hydrogens (primary N) is 1. The first-order valence-electron chi connectivity index (χ1n) is 5.45. The summed E-state index contributed by atoms with van der Waals surface area (Å²) in [4.78, 5) is 4.15. The quantitative estimate of drug-likeness (QED) is 0.894. The average molecular weight is 296 g/mol. The van der Waals surface area contributed by atoms with Gasteiger partial charge in [-0.3, -0.25) is 4.98 Å². The van der Waals surface area contributed by atoms with E-state index in [0.717, 1.165) is 23.9 Å². The Kier molecular flexibility index (Phi) is 2.43. The van der Waals surface area contributed by atoms with Crippen LogP contribution in [0.25, 0.3) is 10.9 Å². The van der Waals surface area contributed by atoms with E-state index in [-0.39, 0.29) is 5.82 Å². The van der Waals surface area contributed by atoms with Crippen molar-refractivity contribution in [3.05, 3.63) is 28.6 Å². The van der Waals surface area contributed by atoms with Gasteiger partial charge in [0, 0.05) is 17.5 Å². The van der Waals surface area contributed by atoms with E-state index in [1.807, 2.05) is 0 Å². The maximum absolute atomic E-state index is 13.4. The van der Waals surface area contributed by atoms with Crippen molar-refractivity contribution in [3.63, 3.8) is 0 Å². The van der Waals surface area contributed by atoms with Gasteiger partial charge in [0.25, 0.3) is 0 Å². The summed E-state index contributed by atoms with van der Waals surface area (Å²) in [5.41, 5.74) is 7.99. The third kappa shape index (κ3) is 1.95. The van der Waals surface area contributed by atoms with E-state index in [1.165, 1.54) is 6.07 Å². The molecular formula is C12H11BrFN3. The summed E-state index contributed by atoms with van der Waals surface area (Å²) in [5.74, 6) is -0.313. The molecule has 1 aliphatic carbocycles. The Hall–Kier alpha value is -1.36. The Labute approximate surface area is 106 Å². The van der Waals surface area contributed by atoms with Gasteiger partial charge in [0.2, 0.25) is 0 Å². The van der Waals surface area contributed by atoms with Gasteiger partial charge in [-0.2, -0.15) is 0 Å². The first-order valence-corrected chi connectivity index (χ1v) is 6.24. The molecule has 0 radical (unpaired) electrons. The molecule has 3 N–H and O–H groups in total. The van der Waals surface area contributed by atoms with E-state index in [0.29, 0.717) is 21.7 Å². The number of nitrogens with one attached hydrogen (secondary N) is 1. The summed E-state index contributed by atoms with van der Waals surface area (Å²) >= 11 is 3.19. The van der Waals surface area contributed by atoms with Crippen LogP contribution in [-0.2, 0) is 0 Å². The van der Waals surface area contributed by atoms with E-state index < -0.39 is 0 Å². The van der Waals surface area contributed by atoms with Gasteiger partial charge in [-0.25, -0.2) is 4.39 Å². The zero-order chi connectivity index (χ0) is 12.0. The SMILES string of the molecule is Nc1cnc2cc(F)c(Br)cc2c1NC1CC1. The standard InChI is InChI=1S/C12H11BrFN3/c13-8-3-7-11(4-9(8)14)16-5-10(15)12(7)17-6-1-2-6/h3-6H,1-2,15H2,(H,16,17). The van der Waals surface area contributed by atoms with Crippen molar-refractivity contribution in [1.29, 1.82) is 0 Å². The first-order chi connectivity index (χ1) is 8.15. The van der Waals surface area contributed by atoms with E-state index in [9.17, 15) is 4.39 Å². The number of benzene rings is 1. The maximum Gasteiger partial charge on any atom is 0.139 e. The molecule has 3 nitrogen and oxygen atoms in total. The van der Waals surface area contributed by atoms with Crippen LogP contribution in [0.15, 0.2) is 22.8 Å². The molecule has 88 valence electrons. The van der Waals surface area contributed by atoms with Crippen molar-refractivity contribution in [2.45, 2.75) is 18.9 Å². The van der Waals surface area contributed by atoms with Crippen LogP contribution in [0.3, 0.4) is 0 Å². The Morgan fingerprint density at radius 1 is 1.41 bits per heavy atom. The van der Waals surface area contributed by atoms with Gasteiger partial charge in [-0.05, 0) is 34.8 Å². The molecule has 2 aromatic rings. The van der Waals surface area contributed by atoms with Gasteiger partial charge in [-0.15, -0.1) is 0 Å². The maximum atomic E-state index is 13.4. The van der Waals surface area contributed by atoms with Crippen LogP contribution in [-0.4, -0.2) is 11.0 Å². The van der Waals surface area contributed by atoms with Gasteiger partial charge in [0.05, 0.1) is 27.6 Å². The zero-order valence-electron chi connectivity index (χ0n) is 9.00. The number of pyridine rings is 1.